The molecule has 26 heavy (non-hydrogen) atoms. The van der Waals surface area contributed by atoms with Crippen molar-refractivity contribution in [2.45, 2.75) is 71.6 Å². The zero-order valence-electron chi connectivity index (χ0n) is 16.5. The molecule has 1 fully saturated rings. The Morgan fingerprint density at radius 1 is 1.15 bits per heavy atom. The number of hydrogen-bond acceptors (Lipinski definition) is 3. The standard InChI is InChI=1S/C21H30N2O3/c1-14(2)23(15(3)4)20(25)22-10-8-21(9-11-22)13-18(24)17-12-16(5)6-7-19(17)26-21/h6-7,12,14-15H,8-11,13H2,1-5H3. The Hall–Kier alpha value is -2.04. The lowest BCUT2D eigenvalue weighted by atomic mass is 9.82. The van der Waals surface area contributed by atoms with Crippen LogP contribution in [-0.2, 0) is 0 Å². The van der Waals surface area contributed by atoms with Gasteiger partial charge in [0.1, 0.15) is 11.4 Å². The quantitative estimate of drug-likeness (QED) is 0.802. The van der Waals surface area contributed by atoms with Crippen LogP contribution in [0.25, 0.3) is 0 Å². The van der Waals surface area contributed by atoms with Crippen molar-refractivity contribution in [2.75, 3.05) is 13.1 Å². The summed E-state index contributed by atoms with van der Waals surface area (Å²) in [6, 6.07) is 6.21. The van der Waals surface area contributed by atoms with Gasteiger partial charge in [-0.25, -0.2) is 4.79 Å². The van der Waals surface area contributed by atoms with Gasteiger partial charge in [0.05, 0.1) is 12.0 Å². The molecule has 2 aliphatic rings. The van der Waals surface area contributed by atoms with Crippen molar-refractivity contribution in [2.24, 2.45) is 0 Å². The Morgan fingerprint density at radius 3 is 2.35 bits per heavy atom. The maximum atomic E-state index is 12.9. The average molecular weight is 358 g/mol. The van der Waals surface area contributed by atoms with E-state index in [0.29, 0.717) is 43.7 Å². The van der Waals surface area contributed by atoms with E-state index in [9.17, 15) is 9.59 Å². The Morgan fingerprint density at radius 2 is 1.77 bits per heavy atom. The third-order valence-corrected chi connectivity index (χ3v) is 5.52. The number of benzene rings is 1. The molecule has 142 valence electrons. The van der Waals surface area contributed by atoms with Gasteiger partial charge in [0.25, 0.3) is 0 Å². The molecule has 0 saturated carbocycles. The van der Waals surface area contributed by atoms with Gasteiger partial charge in [-0.05, 0) is 46.8 Å². The lowest BCUT2D eigenvalue weighted by Crippen LogP contribution is -2.56. The van der Waals surface area contributed by atoms with E-state index < -0.39 is 5.60 Å². The fraction of sp³-hybridized carbons (Fsp3) is 0.619. The minimum absolute atomic E-state index is 0.0861. The van der Waals surface area contributed by atoms with E-state index in [1.165, 1.54) is 0 Å². The van der Waals surface area contributed by atoms with Crippen molar-refractivity contribution >= 4 is 11.8 Å². The number of likely N-dealkylation sites (tertiary alicyclic amines) is 1. The second kappa shape index (κ2) is 6.93. The summed E-state index contributed by atoms with van der Waals surface area (Å²) in [5.74, 6) is 0.846. The van der Waals surface area contributed by atoms with E-state index in [2.05, 4.69) is 0 Å². The van der Waals surface area contributed by atoms with Crippen LogP contribution in [0.15, 0.2) is 18.2 Å². The highest BCUT2D eigenvalue weighted by molar-refractivity contribution is 6.00. The molecule has 0 aromatic heterocycles. The molecule has 0 atom stereocenters. The van der Waals surface area contributed by atoms with Crippen molar-refractivity contribution in [3.05, 3.63) is 29.3 Å². The number of carbonyl (C=O) groups is 2. The highest BCUT2D eigenvalue weighted by Gasteiger charge is 2.44. The van der Waals surface area contributed by atoms with Gasteiger partial charge < -0.3 is 14.5 Å². The number of rotatable bonds is 2. The topological polar surface area (TPSA) is 49.9 Å². The summed E-state index contributed by atoms with van der Waals surface area (Å²) < 4.78 is 6.30. The molecule has 5 heteroatoms. The first kappa shape index (κ1) is 18.7. The molecule has 1 saturated heterocycles. The number of urea groups is 1. The highest BCUT2D eigenvalue weighted by Crippen LogP contribution is 2.39. The van der Waals surface area contributed by atoms with Crippen LogP contribution in [0.3, 0.4) is 0 Å². The summed E-state index contributed by atoms with van der Waals surface area (Å²) in [5, 5.41) is 0. The van der Waals surface area contributed by atoms with Crippen LogP contribution in [-0.4, -0.2) is 52.4 Å². The zero-order chi connectivity index (χ0) is 19.1. The van der Waals surface area contributed by atoms with Crippen molar-refractivity contribution in [1.29, 1.82) is 0 Å². The Kier molecular flexibility index (Phi) is 5.00. The molecular formula is C21H30N2O3. The van der Waals surface area contributed by atoms with Gasteiger partial charge in [0, 0.05) is 38.0 Å². The normalized spacial score (nSPS) is 18.9. The number of aryl methyl sites for hydroxylation is 1. The Labute approximate surface area is 156 Å². The Bertz CT molecular complexity index is 695. The monoisotopic (exact) mass is 358 g/mol. The lowest BCUT2D eigenvalue weighted by Gasteiger charge is -2.45. The summed E-state index contributed by atoms with van der Waals surface area (Å²) >= 11 is 0. The van der Waals surface area contributed by atoms with E-state index >= 15 is 0 Å². The van der Waals surface area contributed by atoms with Gasteiger partial charge in [-0.2, -0.15) is 0 Å². The molecule has 0 aliphatic carbocycles. The SMILES string of the molecule is Cc1ccc2c(c1)C(=O)CC1(CCN(C(=O)N(C(C)C)C(C)C)CC1)O2. The van der Waals surface area contributed by atoms with Crippen LogP contribution in [0, 0.1) is 6.92 Å². The number of Topliss-reactive ketones (excluding diaryl/α,β-unsaturated/α-hetero) is 1. The molecule has 1 aromatic rings. The van der Waals surface area contributed by atoms with Crippen LogP contribution in [0.2, 0.25) is 0 Å². The molecule has 1 spiro atoms. The lowest BCUT2D eigenvalue weighted by molar-refractivity contribution is -0.00547. The second-order valence-electron chi connectivity index (χ2n) is 8.25. The van der Waals surface area contributed by atoms with Crippen molar-refractivity contribution in [3.8, 4) is 5.75 Å². The molecule has 0 N–H and O–H groups in total. The molecule has 0 radical (unpaired) electrons. The zero-order valence-corrected chi connectivity index (χ0v) is 16.5. The number of ketones is 1. The fourth-order valence-electron chi connectivity index (χ4n) is 4.19. The third-order valence-electron chi connectivity index (χ3n) is 5.52. The van der Waals surface area contributed by atoms with Crippen molar-refractivity contribution in [1.82, 2.24) is 9.80 Å². The largest absolute Gasteiger partial charge is 0.486 e. The Balaban J connectivity index is 1.71. The number of amides is 2. The molecule has 0 unspecified atom stereocenters. The minimum atomic E-state index is -0.462. The predicted molar refractivity (Wildman–Crippen MR) is 102 cm³/mol. The van der Waals surface area contributed by atoms with Gasteiger partial charge >= 0.3 is 6.03 Å². The maximum absolute atomic E-state index is 12.9. The van der Waals surface area contributed by atoms with Crippen LogP contribution in [0.1, 0.15) is 62.9 Å². The molecule has 2 heterocycles. The average Bonchev–Trinajstić information content (AvgIpc) is 2.55. The van der Waals surface area contributed by atoms with E-state index in [0.717, 1.165) is 5.56 Å². The molecule has 3 rings (SSSR count). The third kappa shape index (κ3) is 3.44. The fourth-order valence-corrected chi connectivity index (χ4v) is 4.19. The van der Waals surface area contributed by atoms with Crippen LogP contribution >= 0.6 is 0 Å². The molecule has 1 aromatic carbocycles. The smallest absolute Gasteiger partial charge is 0.320 e. The second-order valence-corrected chi connectivity index (χ2v) is 8.25. The number of carbonyl (C=O) groups excluding carboxylic acids is 2. The van der Waals surface area contributed by atoms with Crippen LogP contribution < -0.4 is 4.74 Å². The maximum Gasteiger partial charge on any atom is 0.320 e. The number of nitrogens with zero attached hydrogens (tertiary/aromatic N) is 2. The van der Waals surface area contributed by atoms with E-state index in [1.807, 2.05) is 62.6 Å². The molecular weight excluding hydrogens is 328 g/mol. The van der Waals surface area contributed by atoms with Crippen molar-refractivity contribution in [3.63, 3.8) is 0 Å². The van der Waals surface area contributed by atoms with E-state index in [1.54, 1.807) is 0 Å². The minimum Gasteiger partial charge on any atom is -0.486 e. The highest BCUT2D eigenvalue weighted by atomic mass is 16.5. The first-order chi connectivity index (χ1) is 12.2. The van der Waals surface area contributed by atoms with Gasteiger partial charge in [-0.1, -0.05) is 11.6 Å². The number of hydrogen-bond donors (Lipinski definition) is 0. The van der Waals surface area contributed by atoms with Crippen LogP contribution in [0.4, 0.5) is 4.79 Å². The summed E-state index contributed by atoms with van der Waals surface area (Å²) in [4.78, 5) is 29.4. The first-order valence-electron chi connectivity index (χ1n) is 9.62. The molecule has 2 aliphatic heterocycles. The summed E-state index contributed by atoms with van der Waals surface area (Å²) in [6.07, 6.45) is 1.80. The summed E-state index contributed by atoms with van der Waals surface area (Å²) in [7, 11) is 0. The van der Waals surface area contributed by atoms with Gasteiger partial charge in [-0.3, -0.25) is 4.79 Å². The first-order valence-corrected chi connectivity index (χ1v) is 9.62. The van der Waals surface area contributed by atoms with Gasteiger partial charge in [-0.15, -0.1) is 0 Å². The van der Waals surface area contributed by atoms with Gasteiger partial charge in [0.2, 0.25) is 0 Å². The summed E-state index contributed by atoms with van der Waals surface area (Å²) in [5.41, 5.74) is 1.30. The molecule has 5 nitrogen and oxygen atoms in total. The van der Waals surface area contributed by atoms with Crippen molar-refractivity contribution < 1.29 is 14.3 Å². The van der Waals surface area contributed by atoms with Crippen LogP contribution in [0.5, 0.6) is 5.75 Å². The van der Waals surface area contributed by atoms with Gasteiger partial charge in [0.15, 0.2) is 5.78 Å². The summed E-state index contributed by atoms with van der Waals surface area (Å²) in [6.45, 7) is 11.4. The number of fused-ring (bicyclic) bond motifs is 1. The predicted octanol–water partition coefficient (Wildman–Crippen LogP) is 4.03. The van der Waals surface area contributed by atoms with E-state index in [-0.39, 0.29) is 23.9 Å². The number of piperidine rings is 1. The number of ether oxygens (including phenoxy) is 1. The molecule has 2 amide bonds. The van der Waals surface area contributed by atoms with E-state index in [4.69, 9.17) is 4.74 Å². The molecule has 0 bridgehead atoms.